The molecule has 0 saturated heterocycles. The highest BCUT2D eigenvalue weighted by molar-refractivity contribution is 7.86. The van der Waals surface area contributed by atoms with Crippen LogP contribution in [-0.2, 0) is 10.1 Å². The van der Waals surface area contributed by atoms with Gasteiger partial charge in [0, 0.05) is 5.88 Å². The average Bonchev–Trinajstić information content (AvgIpc) is 1.64. The Morgan fingerprint density at radius 2 is 2.11 bits per heavy atom. The average molecular weight is 173 g/mol. The minimum atomic E-state index is -3.85. The van der Waals surface area contributed by atoms with Crippen LogP contribution in [0.25, 0.3) is 0 Å². The molecular weight excluding hydrogens is 164 g/mol. The molecule has 0 aliphatic heterocycles. The summed E-state index contributed by atoms with van der Waals surface area (Å²) in [4.78, 5) is 0. The Morgan fingerprint density at radius 1 is 1.67 bits per heavy atom. The Morgan fingerprint density at radius 3 is 2.22 bits per heavy atom. The van der Waals surface area contributed by atoms with E-state index >= 15 is 0 Å². The first kappa shape index (κ1) is 9.20. The molecule has 0 aliphatic carbocycles. The highest BCUT2D eigenvalue weighted by Crippen LogP contribution is 2.03. The lowest BCUT2D eigenvalue weighted by atomic mass is 10.4. The molecule has 0 saturated carbocycles. The standard InChI is InChI=1S/C4H9ClO3S/c1-4(2-3-5)9(6,7)8/h4H,2-3H2,1H3,(H,6,7,8). The van der Waals surface area contributed by atoms with E-state index in [-0.39, 0.29) is 5.88 Å². The van der Waals surface area contributed by atoms with Crippen LogP contribution in [-0.4, -0.2) is 24.1 Å². The monoisotopic (exact) mass is 172 g/mol. The van der Waals surface area contributed by atoms with Crippen LogP contribution in [0.15, 0.2) is 0 Å². The maximum absolute atomic E-state index is 10.2. The fraction of sp³-hybridized carbons (Fsp3) is 1.00. The van der Waals surface area contributed by atoms with Gasteiger partial charge in [-0.1, -0.05) is 0 Å². The lowest BCUT2D eigenvalue weighted by Crippen LogP contribution is -2.16. The molecule has 0 radical (unpaired) electrons. The largest absolute Gasteiger partial charge is 0.285 e. The third kappa shape index (κ3) is 3.72. The van der Waals surface area contributed by atoms with Gasteiger partial charge in [0.2, 0.25) is 0 Å². The van der Waals surface area contributed by atoms with Gasteiger partial charge in [0.1, 0.15) is 0 Å². The van der Waals surface area contributed by atoms with Crippen molar-refractivity contribution in [3.63, 3.8) is 0 Å². The predicted octanol–water partition coefficient (Wildman–Crippen LogP) is 0.892. The van der Waals surface area contributed by atoms with Gasteiger partial charge in [-0.25, -0.2) is 0 Å². The molecule has 0 fully saturated rings. The minimum absolute atomic E-state index is 0.251. The number of halogens is 1. The Labute approximate surface area is 59.8 Å². The van der Waals surface area contributed by atoms with Crippen LogP contribution in [0.3, 0.4) is 0 Å². The van der Waals surface area contributed by atoms with E-state index in [9.17, 15) is 8.42 Å². The molecule has 0 aromatic rings. The Kier molecular flexibility index (Phi) is 3.46. The summed E-state index contributed by atoms with van der Waals surface area (Å²) in [7, 11) is -3.85. The zero-order valence-corrected chi connectivity index (χ0v) is 6.61. The van der Waals surface area contributed by atoms with Crippen molar-refractivity contribution >= 4 is 21.7 Å². The van der Waals surface area contributed by atoms with Crippen LogP contribution in [0.2, 0.25) is 0 Å². The third-order valence-electron chi connectivity index (χ3n) is 1.02. The summed E-state index contributed by atoms with van der Waals surface area (Å²) in [5.74, 6) is 0.251. The summed E-state index contributed by atoms with van der Waals surface area (Å²) >= 11 is 5.23. The first-order chi connectivity index (χ1) is 3.98. The van der Waals surface area contributed by atoms with Crippen molar-refractivity contribution in [2.45, 2.75) is 18.6 Å². The smallest absolute Gasteiger partial charge is 0.267 e. The van der Waals surface area contributed by atoms with Crippen LogP contribution in [0.5, 0.6) is 0 Å². The minimum Gasteiger partial charge on any atom is -0.285 e. The summed E-state index contributed by atoms with van der Waals surface area (Å²) in [5.41, 5.74) is 0. The van der Waals surface area contributed by atoms with Crippen LogP contribution in [0.1, 0.15) is 13.3 Å². The van der Waals surface area contributed by atoms with Crippen molar-refractivity contribution in [2.75, 3.05) is 5.88 Å². The van der Waals surface area contributed by atoms with Crippen molar-refractivity contribution in [3.05, 3.63) is 0 Å². The fourth-order valence-electron chi connectivity index (χ4n) is 0.303. The molecule has 5 heteroatoms. The van der Waals surface area contributed by atoms with Gasteiger partial charge < -0.3 is 0 Å². The van der Waals surface area contributed by atoms with Crippen LogP contribution in [0.4, 0.5) is 0 Å². The van der Waals surface area contributed by atoms with Gasteiger partial charge in [0.25, 0.3) is 10.1 Å². The van der Waals surface area contributed by atoms with Crippen LogP contribution < -0.4 is 0 Å². The molecule has 0 spiro atoms. The van der Waals surface area contributed by atoms with E-state index in [2.05, 4.69) is 0 Å². The summed E-state index contributed by atoms with van der Waals surface area (Å²) in [6.45, 7) is 1.41. The number of hydrogen-bond donors (Lipinski definition) is 1. The van der Waals surface area contributed by atoms with E-state index in [1.807, 2.05) is 0 Å². The second-order valence-corrected chi connectivity index (χ2v) is 4.02. The quantitative estimate of drug-likeness (QED) is 0.508. The van der Waals surface area contributed by atoms with Gasteiger partial charge in [-0.3, -0.25) is 4.55 Å². The molecule has 0 aromatic heterocycles. The van der Waals surface area contributed by atoms with Crippen LogP contribution in [0, 0.1) is 0 Å². The predicted molar refractivity (Wildman–Crippen MR) is 36.3 cm³/mol. The molecule has 1 unspecified atom stereocenters. The van der Waals surface area contributed by atoms with Crippen molar-refractivity contribution in [2.24, 2.45) is 0 Å². The van der Waals surface area contributed by atoms with Gasteiger partial charge in [-0.2, -0.15) is 8.42 Å². The van der Waals surface area contributed by atoms with Crippen molar-refractivity contribution < 1.29 is 13.0 Å². The van der Waals surface area contributed by atoms with Gasteiger partial charge in [0.05, 0.1) is 5.25 Å². The number of hydrogen-bond acceptors (Lipinski definition) is 2. The van der Waals surface area contributed by atoms with Gasteiger partial charge in [-0.15, -0.1) is 11.6 Å². The highest BCUT2D eigenvalue weighted by Gasteiger charge is 2.15. The first-order valence-electron chi connectivity index (χ1n) is 2.50. The normalized spacial score (nSPS) is 15.4. The maximum atomic E-state index is 10.2. The Balaban J connectivity index is 3.90. The lowest BCUT2D eigenvalue weighted by Gasteiger charge is -2.02. The second kappa shape index (κ2) is 3.39. The van der Waals surface area contributed by atoms with E-state index in [0.29, 0.717) is 6.42 Å². The molecule has 9 heavy (non-hydrogen) atoms. The SMILES string of the molecule is CC(CCCl)S(=O)(=O)O. The fourth-order valence-corrected chi connectivity index (χ4v) is 1.18. The first-order valence-corrected chi connectivity index (χ1v) is 4.54. The molecule has 56 valence electrons. The third-order valence-corrected chi connectivity index (χ3v) is 2.49. The Bertz CT molecular complexity index is 163. The molecule has 1 atom stereocenters. The Hall–Kier alpha value is 0.200. The summed E-state index contributed by atoms with van der Waals surface area (Å²) < 4.78 is 28.8. The molecule has 1 N–H and O–H groups in total. The molecule has 0 aliphatic rings. The molecule has 0 heterocycles. The van der Waals surface area contributed by atoms with E-state index in [1.54, 1.807) is 0 Å². The van der Waals surface area contributed by atoms with Crippen molar-refractivity contribution in [1.82, 2.24) is 0 Å². The summed E-state index contributed by atoms with van der Waals surface area (Å²) in [5, 5.41) is -0.741. The topological polar surface area (TPSA) is 54.4 Å². The zero-order chi connectivity index (χ0) is 7.49. The maximum Gasteiger partial charge on any atom is 0.267 e. The van der Waals surface area contributed by atoms with Gasteiger partial charge >= 0.3 is 0 Å². The van der Waals surface area contributed by atoms with Gasteiger partial charge in [-0.05, 0) is 13.3 Å². The number of rotatable bonds is 3. The molecule has 0 amide bonds. The molecule has 0 aromatic carbocycles. The van der Waals surface area contributed by atoms with E-state index in [0.717, 1.165) is 0 Å². The zero-order valence-electron chi connectivity index (χ0n) is 5.04. The molecule has 0 bridgehead atoms. The van der Waals surface area contributed by atoms with E-state index in [4.69, 9.17) is 16.2 Å². The van der Waals surface area contributed by atoms with Crippen molar-refractivity contribution in [3.8, 4) is 0 Å². The van der Waals surface area contributed by atoms with Gasteiger partial charge in [0.15, 0.2) is 0 Å². The van der Waals surface area contributed by atoms with Crippen LogP contribution >= 0.6 is 11.6 Å². The molecular formula is C4H9ClO3S. The lowest BCUT2D eigenvalue weighted by molar-refractivity contribution is 0.468. The number of alkyl halides is 1. The summed E-state index contributed by atoms with van der Waals surface area (Å²) in [6, 6.07) is 0. The summed E-state index contributed by atoms with van der Waals surface area (Å²) in [6.07, 6.45) is 0.292. The van der Waals surface area contributed by atoms with E-state index < -0.39 is 15.4 Å². The molecule has 3 nitrogen and oxygen atoms in total. The molecule has 0 rings (SSSR count). The van der Waals surface area contributed by atoms with E-state index in [1.165, 1.54) is 6.92 Å². The highest BCUT2D eigenvalue weighted by atomic mass is 35.5. The second-order valence-electron chi connectivity index (χ2n) is 1.80. The van der Waals surface area contributed by atoms with Crippen molar-refractivity contribution in [1.29, 1.82) is 0 Å².